The molecule has 0 unspecified atom stereocenters. The van der Waals surface area contributed by atoms with Crippen LogP contribution in [0.3, 0.4) is 0 Å². The molecule has 2 aromatic rings. The predicted octanol–water partition coefficient (Wildman–Crippen LogP) is 0.769. The number of phenols is 1. The van der Waals surface area contributed by atoms with Gasteiger partial charge >= 0.3 is 0 Å². The molecule has 1 aromatic carbocycles. The fraction of sp³-hybridized carbons (Fsp3) is 0. The van der Waals surface area contributed by atoms with Crippen LogP contribution in [-0.2, 0) is 10.1 Å². The Labute approximate surface area is 91.1 Å². The lowest BCUT2D eigenvalue weighted by atomic mass is 10.2. The van der Waals surface area contributed by atoms with Crippen LogP contribution < -0.4 is 5.73 Å². The van der Waals surface area contributed by atoms with Gasteiger partial charge in [0.2, 0.25) is 0 Å². The number of pyridine rings is 1. The summed E-state index contributed by atoms with van der Waals surface area (Å²) in [6, 6.07) is 4.19. The minimum absolute atomic E-state index is 0.0372. The van der Waals surface area contributed by atoms with Crippen molar-refractivity contribution in [3.63, 3.8) is 0 Å². The summed E-state index contributed by atoms with van der Waals surface area (Å²) in [6.45, 7) is 0. The third kappa shape index (κ3) is 1.55. The van der Waals surface area contributed by atoms with Gasteiger partial charge in [0.1, 0.15) is 10.4 Å². The van der Waals surface area contributed by atoms with Gasteiger partial charge in [0.05, 0.1) is 0 Å². The zero-order chi connectivity index (χ0) is 11.9. The molecule has 0 aliphatic heterocycles. The highest BCUT2D eigenvalue weighted by molar-refractivity contribution is 7.86. The van der Waals surface area contributed by atoms with E-state index in [1.54, 1.807) is 12.1 Å². The van der Waals surface area contributed by atoms with Crippen molar-refractivity contribution in [3.8, 4) is 5.75 Å². The van der Waals surface area contributed by atoms with Crippen molar-refractivity contribution in [2.24, 2.45) is 0 Å². The molecule has 0 bridgehead atoms. The first-order valence-corrected chi connectivity index (χ1v) is 5.69. The molecule has 0 radical (unpaired) electrons. The maximum absolute atomic E-state index is 11.0. The highest BCUT2D eigenvalue weighted by atomic mass is 32.2. The summed E-state index contributed by atoms with van der Waals surface area (Å²) < 4.78 is 30.8. The number of aromatic hydroxyl groups is 1. The lowest BCUT2D eigenvalue weighted by Gasteiger charge is -2.07. The largest absolute Gasteiger partial charge is 0.504 e. The summed E-state index contributed by atoms with van der Waals surface area (Å²) in [6.07, 6.45) is 1.38. The van der Waals surface area contributed by atoms with Gasteiger partial charge in [-0.25, -0.2) is 0 Å². The Morgan fingerprint density at radius 2 is 2.06 bits per heavy atom. The number of benzene rings is 1. The molecule has 0 aliphatic rings. The fourth-order valence-electron chi connectivity index (χ4n) is 1.43. The van der Waals surface area contributed by atoms with Crippen LogP contribution >= 0.6 is 0 Å². The number of anilines is 1. The second kappa shape index (κ2) is 3.32. The zero-order valence-corrected chi connectivity index (χ0v) is 8.77. The summed E-state index contributed by atoms with van der Waals surface area (Å²) in [5.74, 6) is -0.604. The lowest BCUT2D eigenvalue weighted by Crippen LogP contribution is -2.01. The van der Waals surface area contributed by atoms with E-state index in [4.69, 9.17) is 10.3 Å². The van der Waals surface area contributed by atoms with E-state index in [0.29, 0.717) is 5.39 Å². The molecule has 6 nitrogen and oxygen atoms in total. The molecule has 0 spiro atoms. The Morgan fingerprint density at radius 1 is 1.38 bits per heavy atom. The topological polar surface area (TPSA) is 114 Å². The summed E-state index contributed by atoms with van der Waals surface area (Å²) in [5.41, 5.74) is 5.75. The second-order valence-corrected chi connectivity index (χ2v) is 4.58. The Morgan fingerprint density at radius 3 is 2.69 bits per heavy atom. The number of fused-ring (bicyclic) bond motifs is 1. The molecular weight excluding hydrogens is 232 g/mol. The average molecular weight is 240 g/mol. The minimum Gasteiger partial charge on any atom is -0.504 e. The summed E-state index contributed by atoms with van der Waals surface area (Å²) in [5, 5.41) is 10.1. The number of nitrogens with two attached hydrogens (primary N) is 1. The monoisotopic (exact) mass is 240 g/mol. The first kappa shape index (κ1) is 10.7. The molecule has 84 valence electrons. The van der Waals surface area contributed by atoms with E-state index < -0.39 is 20.8 Å². The first-order chi connectivity index (χ1) is 7.41. The van der Waals surface area contributed by atoms with Crippen LogP contribution in [0.5, 0.6) is 5.75 Å². The standard InChI is InChI=1S/C9H8N2O4S/c10-6-4-7(16(13,14)15)9(12)8-5(6)2-1-3-11-8/h1-4,12H,10H2,(H,13,14,15). The van der Waals surface area contributed by atoms with Crippen LogP contribution in [0.4, 0.5) is 5.69 Å². The van der Waals surface area contributed by atoms with Gasteiger partial charge in [-0.3, -0.25) is 9.54 Å². The quantitative estimate of drug-likeness (QED) is 0.385. The maximum Gasteiger partial charge on any atom is 0.298 e. The van der Waals surface area contributed by atoms with Crippen LogP contribution in [0.1, 0.15) is 0 Å². The third-order valence-electron chi connectivity index (χ3n) is 2.14. The Kier molecular flexibility index (Phi) is 2.21. The molecule has 0 aliphatic carbocycles. The molecule has 7 heteroatoms. The van der Waals surface area contributed by atoms with Gasteiger partial charge in [0, 0.05) is 17.3 Å². The van der Waals surface area contributed by atoms with Gasteiger partial charge in [0.25, 0.3) is 10.1 Å². The molecule has 1 heterocycles. The van der Waals surface area contributed by atoms with Crippen LogP contribution in [0.15, 0.2) is 29.3 Å². The molecule has 0 atom stereocenters. The van der Waals surface area contributed by atoms with E-state index in [1.807, 2.05) is 0 Å². The van der Waals surface area contributed by atoms with Gasteiger partial charge in [-0.1, -0.05) is 0 Å². The van der Waals surface area contributed by atoms with Gasteiger partial charge in [-0.2, -0.15) is 8.42 Å². The van der Waals surface area contributed by atoms with Crippen molar-refractivity contribution in [2.45, 2.75) is 4.90 Å². The highest BCUT2D eigenvalue weighted by Gasteiger charge is 2.20. The van der Waals surface area contributed by atoms with Crippen LogP contribution in [0, 0.1) is 0 Å². The number of hydrogen-bond acceptors (Lipinski definition) is 5. The molecule has 0 saturated carbocycles. The summed E-state index contributed by atoms with van der Waals surface area (Å²) in [7, 11) is -4.52. The number of hydrogen-bond donors (Lipinski definition) is 3. The number of rotatable bonds is 1. The van der Waals surface area contributed by atoms with E-state index in [9.17, 15) is 13.5 Å². The van der Waals surface area contributed by atoms with Gasteiger partial charge in [-0.15, -0.1) is 0 Å². The number of aromatic nitrogens is 1. The highest BCUT2D eigenvalue weighted by Crippen LogP contribution is 2.33. The van der Waals surface area contributed by atoms with E-state index in [1.165, 1.54) is 6.20 Å². The zero-order valence-electron chi connectivity index (χ0n) is 7.95. The molecule has 0 fully saturated rings. The van der Waals surface area contributed by atoms with E-state index in [-0.39, 0.29) is 11.2 Å². The lowest BCUT2D eigenvalue weighted by molar-refractivity contribution is 0.447. The summed E-state index contributed by atoms with van der Waals surface area (Å²) >= 11 is 0. The molecular formula is C9H8N2O4S. The minimum atomic E-state index is -4.52. The van der Waals surface area contributed by atoms with Crippen molar-refractivity contribution in [1.82, 2.24) is 4.98 Å². The maximum atomic E-state index is 11.0. The van der Waals surface area contributed by atoms with Gasteiger partial charge in [0.15, 0.2) is 5.75 Å². The number of nitrogens with zero attached hydrogens (tertiary/aromatic N) is 1. The SMILES string of the molecule is Nc1cc(S(=O)(=O)O)c(O)c2ncccc12. The van der Waals surface area contributed by atoms with Crippen molar-refractivity contribution in [2.75, 3.05) is 5.73 Å². The molecule has 1 aromatic heterocycles. The van der Waals surface area contributed by atoms with Crippen molar-refractivity contribution < 1.29 is 18.1 Å². The third-order valence-corrected chi connectivity index (χ3v) is 3.01. The normalized spacial score (nSPS) is 11.8. The molecule has 4 N–H and O–H groups in total. The number of phenolic OH excluding ortho intramolecular Hbond substituents is 1. The Hall–Kier alpha value is -1.86. The first-order valence-electron chi connectivity index (χ1n) is 4.25. The van der Waals surface area contributed by atoms with Crippen molar-refractivity contribution in [1.29, 1.82) is 0 Å². The molecule has 0 saturated heterocycles. The summed E-state index contributed by atoms with van der Waals surface area (Å²) in [4.78, 5) is 3.17. The second-order valence-electron chi connectivity index (χ2n) is 3.19. The fourth-order valence-corrected chi connectivity index (χ4v) is 2.04. The van der Waals surface area contributed by atoms with E-state index in [2.05, 4.69) is 4.98 Å². The van der Waals surface area contributed by atoms with Crippen molar-refractivity contribution >= 4 is 26.7 Å². The van der Waals surface area contributed by atoms with Crippen LogP contribution in [0.2, 0.25) is 0 Å². The molecule has 16 heavy (non-hydrogen) atoms. The molecule has 2 rings (SSSR count). The Balaban J connectivity index is 2.97. The van der Waals surface area contributed by atoms with E-state index >= 15 is 0 Å². The van der Waals surface area contributed by atoms with Crippen LogP contribution in [-0.4, -0.2) is 23.1 Å². The Bertz CT molecular complexity index is 667. The smallest absolute Gasteiger partial charge is 0.298 e. The van der Waals surface area contributed by atoms with Crippen molar-refractivity contribution in [3.05, 3.63) is 24.4 Å². The predicted molar refractivity (Wildman–Crippen MR) is 57.6 cm³/mol. The molecule has 0 amide bonds. The van der Waals surface area contributed by atoms with Gasteiger partial charge in [-0.05, 0) is 18.2 Å². The van der Waals surface area contributed by atoms with E-state index in [0.717, 1.165) is 6.07 Å². The number of nitrogen functional groups attached to an aromatic ring is 1. The average Bonchev–Trinajstić information content (AvgIpc) is 2.22. The van der Waals surface area contributed by atoms with Crippen LogP contribution in [0.25, 0.3) is 10.9 Å². The van der Waals surface area contributed by atoms with Gasteiger partial charge < -0.3 is 10.8 Å².